The number of carboxylic acids is 1. The molecule has 0 bridgehead atoms. The van der Waals surface area contributed by atoms with Crippen molar-refractivity contribution in [3.05, 3.63) is 94.5 Å². The molecular weight excluding hydrogens is 346 g/mol. The second kappa shape index (κ2) is 7.90. The Morgan fingerprint density at radius 2 is 1.88 bits per heavy atom. The van der Waals surface area contributed by atoms with Gasteiger partial charge in [-0.3, -0.25) is 10.1 Å². The van der Waals surface area contributed by atoms with E-state index in [-0.39, 0.29) is 0 Å². The first kappa shape index (κ1) is 18.4. The van der Waals surface area contributed by atoms with Crippen molar-refractivity contribution in [2.45, 2.75) is 25.4 Å². The van der Waals surface area contributed by atoms with Crippen LogP contribution in [0.25, 0.3) is 0 Å². The number of aliphatic carboxylic acids is 1. The van der Waals surface area contributed by atoms with Crippen molar-refractivity contribution >= 4 is 17.6 Å². The molecule has 2 N–H and O–H groups in total. The number of rotatable bonds is 6. The second-order valence-electron chi connectivity index (χ2n) is 6.63. The number of halogens is 1. The molecule has 2 aromatic carbocycles. The smallest absolute Gasteiger partial charge is 0.310 e. The zero-order valence-electron chi connectivity index (χ0n) is 14.7. The van der Waals surface area contributed by atoms with Gasteiger partial charge in [0.2, 0.25) is 0 Å². The maximum Gasteiger partial charge on any atom is 0.310 e. The first-order valence-corrected chi connectivity index (χ1v) is 9.05. The summed E-state index contributed by atoms with van der Waals surface area (Å²) in [4.78, 5) is 11.5. The normalized spacial score (nSPS) is 20.5. The van der Waals surface area contributed by atoms with Gasteiger partial charge >= 0.3 is 5.97 Å². The molecule has 134 valence electrons. The van der Waals surface area contributed by atoms with Gasteiger partial charge in [0, 0.05) is 11.6 Å². The van der Waals surface area contributed by atoms with Crippen LogP contribution in [0.4, 0.5) is 0 Å². The Labute approximate surface area is 159 Å². The zero-order chi connectivity index (χ0) is 18.6. The van der Waals surface area contributed by atoms with Crippen LogP contribution in [-0.4, -0.2) is 11.1 Å². The average molecular weight is 368 g/mol. The van der Waals surface area contributed by atoms with E-state index in [4.69, 9.17) is 11.6 Å². The van der Waals surface area contributed by atoms with E-state index in [1.807, 2.05) is 54.6 Å². The third-order valence-electron chi connectivity index (χ3n) is 4.91. The number of hydrogen-bond acceptors (Lipinski definition) is 2. The fourth-order valence-electron chi connectivity index (χ4n) is 3.31. The lowest BCUT2D eigenvalue weighted by molar-refractivity contribution is -0.139. The first-order valence-electron chi connectivity index (χ1n) is 8.67. The van der Waals surface area contributed by atoms with Gasteiger partial charge in [0.1, 0.15) is 0 Å². The van der Waals surface area contributed by atoms with Crippen LogP contribution >= 0.6 is 11.6 Å². The molecule has 0 radical (unpaired) electrons. The van der Waals surface area contributed by atoms with Gasteiger partial charge in [-0.25, -0.2) is 0 Å². The molecule has 0 saturated heterocycles. The highest BCUT2D eigenvalue weighted by Gasteiger charge is 2.35. The molecule has 0 heterocycles. The summed E-state index contributed by atoms with van der Waals surface area (Å²) in [5.74, 6) is -1.36. The van der Waals surface area contributed by atoms with Gasteiger partial charge < -0.3 is 5.11 Å². The topological polar surface area (TPSA) is 49.3 Å². The third-order valence-corrected chi connectivity index (χ3v) is 5.24. The molecule has 2 aromatic rings. The number of allylic oxidation sites excluding steroid dienone is 2. The molecule has 3 nitrogen and oxygen atoms in total. The van der Waals surface area contributed by atoms with Crippen molar-refractivity contribution in [3.8, 4) is 0 Å². The van der Waals surface area contributed by atoms with Crippen molar-refractivity contribution in [1.29, 1.82) is 0 Å². The lowest BCUT2D eigenvalue weighted by Crippen LogP contribution is -2.42. The highest BCUT2D eigenvalue weighted by molar-refractivity contribution is 6.31. The largest absolute Gasteiger partial charge is 0.481 e. The third kappa shape index (κ3) is 3.90. The van der Waals surface area contributed by atoms with E-state index in [2.05, 4.69) is 23.5 Å². The van der Waals surface area contributed by atoms with E-state index in [0.29, 0.717) is 18.0 Å². The van der Waals surface area contributed by atoms with E-state index < -0.39 is 17.4 Å². The van der Waals surface area contributed by atoms with Crippen molar-refractivity contribution in [1.82, 2.24) is 5.32 Å². The van der Waals surface area contributed by atoms with Crippen LogP contribution in [0.3, 0.4) is 0 Å². The highest BCUT2D eigenvalue weighted by atomic mass is 35.5. The fraction of sp³-hybridized carbons (Fsp3) is 0.227. The lowest BCUT2D eigenvalue weighted by atomic mass is 9.77. The predicted octanol–water partition coefficient (Wildman–Crippen LogP) is 4.93. The van der Waals surface area contributed by atoms with E-state index in [1.165, 1.54) is 0 Å². The van der Waals surface area contributed by atoms with Crippen molar-refractivity contribution in [3.63, 3.8) is 0 Å². The molecule has 0 spiro atoms. The molecule has 0 fully saturated rings. The van der Waals surface area contributed by atoms with Gasteiger partial charge in [-0.15, -0.1) is 0 Å². The summed E-state index contributed by atoms with van der Waals surface area (Å²) in [6.45, 7) is 2.38. The summed E-state index contributed by atoms with van der Waals surface area (Å²) in [6.07, 6.45) is 6.47. The minimum absolute atomic E-state index is 0.540. The highest BCUT2D eigenvalue weighted by Crippen LogP contribution is 2.39. The molecule has 1 aliphatic carbocycles. The van der Waals surface area contributed by atoms with Gasteiger partial charge in [0.25, 0.3) is 0 Å². The van der Waals surface area contributed by atoms with Crippen LogP contribution in [-0.2, 0) is 16.9 Å². The van der Waals surface area contributed by atoms with E-state index in [1.54, 1.807) is 6.92 Å². The predicted molar refractivity (Wildman–Crippen MR) is 105 cm³/mol. The summed E-state index contributed by atoms with van der Waals surface area (Å²) in [7, 11) is 0. The van der Waals surface area contributed by atoms with Gasteiger partial charge in [0.15, 0.2) is 0 Å². The van der Waals surface area contributed by atoms with Crippen molar-refractivity contribution in [2.24, 2.45) is 5.92 Å². The van der Waals surface area contributed by atoms with Crippen LogP contribution in [0.15, 0.2) is 78.4 Å². The SMILES string of the molecule is C[C@H](C(=O)O)C1=CC=CC(NCc2ccccc2)(c2ccccc2Cl)C1. The summed E-state index contributed by atoms with van der Waals surface area (Å²) < 4.78 is 0. The van der Waals surface area contributed by atoms with Gasteiger partial charge in [-0.05, 0) is 30.5 Å². The molecule has 0 aromatic heterocycles. The number of benzene rings is 2. The van der Waals surface area contributed by atoms with Gasteiger partial charge in [-0.2, -0.15) is 0 Å². The number of carbonyl (C=O) groups is 1. The summed E-state index contributed by atoms with van der Waals surface area (Å²) >= 11 is 6.51. The molecule has 1 aliphatic rings. The van der Waals surface area contributed by atoms with Crippen LogP contribution in [0.2, 0.25) is 5.02 Å². The lowest BCUT2D eigenvalue weighted by Gasteiger charge is -2.37. The Morgan fingerprint density at radius 3 is 2.58 bits per heavy atom. The van der Waals surface area contributed by atoms with Gasteiger partial charge in [-0.1, -0.05) is 83.9 Å². The molecule has 3 rings (SSSR count). The molecule has 26 heavy (non-hydrogen) atoms. The molecular formula is C22H22ClNO2. The molecule has 0 saturated carbocycles. The Bertz CT molecular complexity index is 844. The summed E-state index contributed by atoms with van der Waals surface area (Å²) in [5.41, 5.74) is 2.45. The Balaban J connectivity index is 1.95. The molecule has 1 unspecified atom stereocenters. The molecule has 0 amide bonds. The fourth-order valence-corrected chi connectivity index (χ4v) is 3.62. The van der Waals surface area contributed by atoms with Crippen molar-refractivity contribution < 1.29 is 9.90 Å². The maximum atomic E-state index is 11.5. The van der Waals surface area contributed by atoms with Crippen LogP contribution in [0.1, 0.15) is 24.5 Å². The molecule has 0 aliphatic heterocycles. The van der Waals surface area contributed by atoms with Gasteiger partial charge in [0.05, 0.1) is 11.5 Å². The van der Waals surface area contributed by atoms with Crippen LogP contribution in [0, 0.1) is 5.92 Å². The minimum Gasteiger partial charge on any atom is -0.481 e. The quantitative estimate of drug-likeness (QED) is 0.760. The maximum absolute atomic E-state index is 11.5. The molecule has 2 atom stereocenters. The summed E-state index contributed by atoms with van der Waals surface area (Å²) in [5, 5.41) is 13.7. The standard InChI is InChI=1S/C22H22ClNO2/c1-16(21(25)26)18-10-7-13-22(14-18,19-11-5-6-12-20(19)23)24-15-17-8-3-2-4-9-17/h2-13,16,24H,14-15H2,1H3,(H,25,26)/t16-,22?/m0/s1. The van der Waals surface area contributed by atoms with E-state index in [0.717, 1.165) is 16.7 Å². The number of hydrogen-bond donors (Lipinski definition) is 2. The average Bonchev–Trinajstić information content (AvgIpc) is 2.67. The second-order valence-corrected chi connectivity index (χ2v) is 7.03. The Morgan fingerprint density at radius 1 is 1.19 bits per heavy atom. The first-order chi connectivity index (χ1) is 12.5. The summed E-state index contributed by atoms with van der Waals surface area (Å²) in [6, 6.07) is 17.9. The number of nitrogens with one attached hydrogen (secondary N) is 1. The Kier molecular flexibility index (Phi) is 5.60. The van der Waals surface area contributed by atoms with Crippen LogP contribution < -0.4 is 5.32 Å². The Hall–Kier alpha value is -2.36. The van der Waals surface area contributed by atoms with Crippen LogP contribution in [0.5, 0.6) is 0 Å². The van der Waals surface area contributed by atoms with E-state index in [9.17, 15) is 9.90 Å². The monoisotopic (exact) mass is 367 g/mol. The number of carboxylic acid groups (broad SMARTS) is 1. The van der Waals surface area contributed by atoms with Crippen molar-refractivity contribution in [2.75, 3.05) is 0 Å². The van der Waals surface area contributed by atoms with E-state index >= 15 is 0 Å². The minimum atomic E-state index is -0.817. The molecule has 4 heteroatoms. The zero-order valence-corrected chi connectivity index (χ0v) is 15.4.